The summed E-state index contributed by atoms with van der Waals surface area (Å²) in [4.78, 5) is 18.3. The number of hydrogen-bond acceptors (Lipinski definition) is 5. The molecule has 0 aliphatic rings. The van der Waals surface area contributed by atoms with Crippen LogP contribution >= 0.6 is 15.9 Å². The molecule has 0 spiro atoms. The highest BCUT2D eigenvalue weighted by Gasteiger charge is 2.20. The molecule has 0 aliphatic carbocycles. The Hall–Kier alpha value is -2.58. The largest absolute Gasteiger partial charge is 0.368 e. The predicted octanol–water partition coefficient (Wildman–Crippen LogP) is 4.24. The van der Waals surface area contributed by atoms with Gasteiger partial charge in [0.2, 0.25) is 0 Å². The number of hydrogen-bond donors (Lipinski definition) is 0. The Morgan fingerprint density at radius 2 is 2.03 bits per heavy atom. The monoisotopic (exact) mass is 461 g/mol. The van der Waals surface area contributed by atoms with Crippen LogP contribution in [0.25, 0.3) is 11.5 Å². The van der Waals surface area contributed by atoms with E-state index in [1.807, 2.05) is 30.3 Å². The Balaban J connectivity index is 1.52. The van der Waals surface area contributed by atoms with Crippen molar-refractivity contribution >= 4 is 21.8 Å². The first kappa shape index (κ1) is 21.1. The van der Waals surface area contributed by atoms with Crippen molar-refractivity contribution in [3.63, 3.8) is 0 Å². The zero-order valence-corrected chi connectivity index (χ0v) is 17.7. The molecule has 3 rings (SSSR count). The van der Waals surface area contributed by atoms with Crippen LogP contribution in [0, 0.1) is 5.82 Å². The lowest BCUT2D eigenvalue weighted by atomic mass is 10.2. The number of halogens is 2. The molecule has 29 heavy (non-hydrogen) atoms. The quantitative estimate of drug-likeness (QED) is 0.501. The number of nitrogens with zero attached hydrogens (tertiary/aromatic N) is 3. The molecule has 0 aliphatic heterocycles. The number of aromatic nitrogens is 2. The first-order valence-corrected chi connectivity index (χ1v) is 9.92. The van der Waals surface area contributed by atoms with E-state index in [4.69, 9.17) is 9.26 Å². The van der Waals surface area contributed by atoms with Gasteiger partial charge in [0.15, 0.2) is 5.82 Å². The highest BCUT2D eigenvalue weighted by molar-refractivity contribution is 9.10. The van der Waals surface area contributed by atoms with Gasteiger partial charge in [-0.25, -0.2) is 4.39 Å². The van der Waals surface area contributed by atoms with Crippen molar-refractivity contribution in [1.29, 1.82) is 0 Å². The molecule has 0 radical (unpaired) electrons. The van der Waals surface area contributed by atoms with Crippen LogP contribution in [0.2, 0.25) is 0 Å². The Morgan fingerprint density at radius 3 is 2.76 bits per heavy atom. The molecule has 0 bridgehead atoms. The summed E-state index contributed by atoms with van der Waals surface area (Å²) in [6, 6.07) is 14.4. The lowest BCUT2D eigenvalue weighted by Crippen LogP contribution is -2.36. The van der Waals surface area contributed by atoms with Gasteiger partial charge < -0.3 is 14.2 Å². The smallest absolute Gasteiger partial charge is 0.258 e. The first-order chi connectivity index (χ1) is 13.9. The average Bonchev–Trinajstić information content (AvgIpc) is 3.18. The Morgan fingerprint density at radius 1 is 1.28 bits per heavy atom. The molecule has 0 fully saturated rings. The molecule has 0 saturated heterocycles. The number of ether oxygens (including phenoxy) is 1. The summed E-state index contributed by atoms with van der Waals surface area (Å²) >= 11 is 3.13. The zero-order chi connectivity index (χ0) is 20.8. The van der Waals surface area contributed by atoms with E-state index in [0.717, 1.165) is 12.0 Å². The van der Waals surface area contributed by atoms with E-state index in [2.05, 4.69) is 26.1 Å². The van der Waals surface area contributed by atoms with E-state index in [9.17, 15) is 9.18 Å². The van der Waals surface area contributed by atoms with Crippen molar-refractivity contribution in [3.05, 3.63) is 70.2 Å². The minimum absolute atomic E-state index is 0.172. The summed E-state index contributed by atoms with van der Waals surface area (Å²) in [5.74, 6) is 0.0653. The highest BCUT2D eigenvalue weighted by atomic mass is 79.9. The van der Waals surface area contributed by atoms with Gasteiger partial charge >= 0.3 is 0 Å². The van der Waals surface area contributed by atoms with Crippen molar-refractivity contribution in [1.82, 2.24) is 15.0 Å². The third-order valence-corrected chi connectivity index (χ3v) is 4.95. The molecule has 1 heterocycles. The number of benzene rings is 2. The van der Waals surface area contributed by atoms with Gasteiger partial charge in [0.25, 0.3) is 11.8 Å². The standard InChI is InChI=1S/C21H21BrFN3O3/c1-14(28-11-10-15-6-4-3-5-7-15)21(27)26(2)13-19-24-20(29-25-19)16-8-9-18(23)17(22)12-16/h3-9,12,14H,10-11,13H2,1-2H3. The molecule has 0 saturated carbocycles. The van der Waals surface area contributed by atoms with Crippen LogP contribution in [-0.4, -0.2) is 40.7 Å². The van der Waals surface area contributed by atoms with Crippen LogP contribution in [0.3, 0.4) is 0 Å². The second-order valence-electron chi connectivity index (χ2n) is 6.59. The molecule has 0 N–H and O–H groups in total. The van der Waals surface area contributed by atoms with Crippen LogP contribution in [0.1, 0.15) is 18.3 Å². The Labute approximate surface area is 176 Å². The van der Waals surface area contributed by atoms with Crippen LogP contribution in [0.4, 0.5) is 4.39 Å². The molecular weight excluding hydrogens is 441 g/mol. The molecule has 3 aromatic rings. The Bertz CT molecular complexity index is 965. The fourth-order valence-electron chi connectivity index (χ4n) is 2.73. The SMILES string of the molecule is CC(OCCc1ccccc1)C(=O)N(C)Cc1noc(-c2ccc(F)c(Br)c2)n1. The second-order valence-corrected chi connectivity index (χ2v) is 7.44. The van der Waals surface area contributed by atoms with Gasteiger partial charge in [0.05, 0.1) is 17.6 Å². The molecule has 6 nitrogen and oxygen atoms in total. The van der Waals surface area contributed by atoms with Crippen molar-refractivity contribution < 1.29 is 18.4 Å². The molecule has 8 heteroatoms. The molecule has 1 amide bonds. The lowest BCUT2D eigenvalue weighted by molar-refractivity contribution is -0.141. The summed E-state index contributed by atoms with van der Waals surface area (Å²) in [5, 5.41) is 3.90. The molecule has 2 aromatic carbocycles. The minimum Gasteiger partial charge on any atom is -0.368 e. The third kappa shape index (κ3) is 5.71. The highest BCUT2D eigenvalue weighted by Crippen LogP contribution is 2.24. The number of likely N-dealkylation sites (N-methyl/N-ethyl adjacent to an activating group) is 1. The van der Waals surface area contributed by atoms with Gasteiger partial charge in [-0.3, -0.25) is 4.79 Å². The number of carbonyl (C=O) groups is 1. The number of amides is 1. The number of carbonyl (C=O) groups excluding carboxylic acids is 1. The van der Waals surface area contributed by atoms with Crippen LogP contribution in [-0.2, 0) is 22.5 Å². The van der Waals surface area contributed by atoms with Gasteiger partial charge in [-0.2, -0.15) is 4.98 Å². The second kappa shape index (κ2) is 9.76. The van der Waals surface area contributed by atoms with Crippen molar-refractivity contribution in [2.24, 2.45) is 0 Å². The molecule has 1 aromatic heterocycles. The normalized spacial score (nSPS) is 12.0. The van der Waals surface area contributed by atoms with E-state index in [-0.39, 0.29) is 24.2 Å². The van der Waals surface area contributed by atoms with Gasteiger partial charge in [-0.15, -0.1) is 0 Å². The maximum absolute atomic E-state index is 13.4. The number of rotatable bonds is 8. The molecule has 152 valence electrons. The predicted molar refractivity (Wildman–Crippen MR) is 109 cm³/mol. The summed E-state index contributed by atoms with van der Waals surface area (Å²) < 4.78 is 24.6. The Kier molecular flexibility index (Phi) is 7.11. The van der Waals surface area contributed by atoms with E-state index >= 15 is 0 Å². The maximum Gasteiger partial charge on any atom is 0.258 e. The van der Waals surface area contributed by atoms with E-state index in [1.165, 1.54) is 11.0 Å². The molecular formula is C21H21BrFN3O3. The third-order valence-electron chi connectivity index (χ3n) is 4.34. The van der Waals surface area contributed by atoms with Crippen molar-refractivity contribution in [2.45, 2.75) is 26.0 Å². The van der Waals surface area contributed by atoms with Gasteiger partial charge in [0.1, 0.15) is 11.9 Å². The van der Waals surface area contributed by atoms with E-state index < -0.39 is 6.10 Å². The molecule has 1 atom stereocenters. The van der Waals surface area contributed by atoms with Gasteiger partial charge in [-0.1, -0.05) is 35.5 Å². The summed E-state index contributed by atoms with van der Waals surface area (Å²) in [6.45, 7) is 2.36. The summed E-state index contributed by atoms with van der Waals surface area (Å²) in [5.41, 5.74) is 1.75. The van der Waals surface area contributed by atoms with Crippen LogP contribution < -0.4 is 0 Å². The maximum atomic E-state index is 13.4. The zero-order valence-electron chi connectivity index (χ0n) is 16.1. The van der Waals surface area contributed by atoms with Crippen molar-refractivity contribution in [2.75, 3.05) is 13.7 Å². The van der Waals surface area contributed by atoms with Crippen molar-refractivity contribution in [3.8, 4) is 11.5 Å². The fourth-order valence-corrected chi connectivity index (χ4v) is 3.11. The average molecular weight is 462 g/mol. The van der Waals surface area contributed by atoms with E-state index in [0.29, 0.717) is 22.5 Å². The molecule has 1 unspecified atom stereocenters. The first-order valence-electron chi connectivity index (χ1n) is 9.12. The summed E-state index contributed by atoms with van der Waals surface area (Å²) in [6.07, 6.45) is 0.159. The van der Waals surface area contributed by atoms with Crippen LogP contribution in [0.5, 0.6) is 0 Å². The summed E-state index contributed by atoms with van der Waals surface area (Å²) in [7, 11) is 1.66. The van der Waals surface area contributed by atoms with Gasteiger partial charge in [0, 0.05) is 12.6 Å². The van der Waals surface area contributed by atoms with E-state index in [1.54, 1.807) is 26.1 Å². The fraction of sp³-hybridized carbons (Fsp3) is 0.286. The minimum atomic E-state index is -0.580. The van der Waals surface area contributed by atoms with Crippen LogP contribution in [0.15, 0.2) is 57.5 Å². The lowest BCUT2D eigenvalue weighted by Gasteiger charge is -2.20. The topological polar surface area (TPSA) is 68.5 Å². The van der Waals surface area contributed by atoms with Gasteiger partial charge in [-0.05, 0) is 53.0 Å².